The maximum absolute atomic E-state index is 13.5. The fourth-order valence-electron chi connectivity index (χ4n) is 1.92. The molecule has 0 unspecified atom stereocenters. The van der Waals surface area contributed by atoms with Crippen LogP contribution in [0.2, 0.25) is 0 Å². The summed E-state index contributed by atoms with van der Waals surface area (Å²) < 4.78 is 13.9. The zero-order valence-electron chi connectivity index (χ0n) is 11.8. The van der Waals surface area contributed by atoms with Gasteiger partial charge >= 0.3 is 0 Å². The van der Waals surface area contributed by atoms with Gasteiger partial charge in [-0.1, -0.05) is 18.2 Å². The second kappa shape index (κ2) is 6.72. The van der Waals surface area contributed by atoms with Crippen LogP contribution in [0.5, 0.6) is 0 Å². The van der Waals surface area contributed by atoms with Crippen LogP contribution in [-0.2, 0) is 4.79 Å². The zero-order chi connectivity index (χ0) is 15.4. The highest BCUT2D eigenvalue weighted by Gasteiger charge is 2.08. The van der Waals surface area contributed by atoms with Crippen molar-refractivity contribution in [3.05, 3.63) is 57.8 Å². The fourth-order valence-corrected chi connectivity index (χ4v) is 2.38. The van der Waals surface area contributed by atoms with Gasteiger partial charge in [-0.25, -0.2) is 4.39 Å². The lowest BCUT2D eigenvalue weighted by atomic mass is 10.2. The summed E-state index contributed by atoms with van der Waals surface area (Å²) in [6.45, 7) is 3.86. The topological polar surface area (TPSA) is 41.1 Å². The molecule has 1 amide bonds. The van der Waals surface area contributed by atoms with Crippen LogP contribution >= 0.6 is 15.9 Å². The lowest BCUT2D eigenvalue weighted by molar-refractivity contribution is -0.114. The molecule has 0 aliphatic heterocycles. The normalized spacial score (nSPS) is 10.3. The molecule has 0 atom stereocenters. The van der Waals surface area contributed by atoms with E-state index in [4.69, 9.17) is 0 Å². The zero-order valence-corrected chi connectivity index (χ0v) is 13.4. The molecule has 0 saturated carbocycles. The summed E-state index contributed by atoms with van der Waals surface area (Å²) in [5.41, 5.74) is 3.25. The van der Waals surface area contributed by atoms with Crippen molar-refractivity contribution in [1.82, 2.24) is 0 Å². The van der Waals surface area contributed by atoms with Crippen molar-refractivity contribution in [2.45, 2.75) is 13.8 Å². The fraction of sp³-hybridized carbons (Fsp3) is 0.188. The molecule has 0 aromatic heterocycles. The molecule has 2 aromatic carbocycles. The Balaban J connectivity index is 1.99. The molecule has 2 rings (SSSR count). The third-order valence-corrected chi connectivity index (χ3v) is 3.73. The van der Waals surface area contributed by atoms with Crippen molar-refractivity contribution in [2.24, 2.45) is 0 Å². The summed E-state index contributed by atoms with van der Waals surface area (Å²) in [5, 5.41) is 5.77. The number of para-hydroxylation sites is 1. The third kappa shape index (κ3) is 4.04. The predicted octanol–water partition coefficient (Wildman–Crippen LogP) is 4.26. The number of anilines is 2. The van der Waals surface area contributed by atoms with Gasteiger partial charge in [0.25, 0.3) is 0 Å². The first-order chi connectivity index (χ1) is 9.97. The smallest absolute Gasteiger partial charge is 0.243 e. The number of amides is 1. The van der Waals surface area contributed by atoms with Crippen LogP contribution in [0.3, 0.4) is 0 Å². The molecule has 3 nitrogen and oxygen atoms in total. The summed E-state index contributed by atoms with van der Waals surface area (Å²) in [6.07, 6.45) is 0. The number of benzene rings is 2. The minimum atomic E-state index is -0.359. The largest absolute Gasteiger partial charge is 0.376 e. The van der Waals surface area contributed by atoms with Gasteiger partial charge in [-0.3, -0.25) is 4.79 Å². The van der Waals surface area contributed by atoms with Crippen LogP contribution in [0, 0.1) is 19.7 Å². The maximum Gasteiger partial charge on any atom is 0.243 e. The standard InChI is InChI=1S/C16H16BrFN2O/c1-10-5-3-4-6-14(10)20-16(21)9-19-15-8-13(18)12(17)7-11(15)2/h3-8,19H,9H2,1-2H3,(H,20,21). The van der Waals surface area contributed by atoms with Crippen molar-refractivity contribution in [3.8, 4) is 0 Å². The van der Waals surface area contributed by atoms with Gasteiger partial charge in [-0.05, 0) is 59.1 Å². The number of aryl methyl sites for hydroxylation is 2. The van der Waals surface area contributed by atoms with Crippen LogP contribution < -0.4 is 10.6 Å². The van der Waals surface area contributed by atoms with Gasteiger partial charge in [0.2, 0.25) is 5.91 Å². The van der Waals surface area contributed by atoms with Crippen molar-refractivity contribution in [3.63, 3.8) is 0 Å². The van der Waals surface area contributed by atoms with E-state index in [0.29, 0.717) is 10.2 Å². The van der Waals surface area contributed by atoms with Crippen LogP contribution in [0.1, 0.15) is 11.1 Å². The highest BCUT2D eigenvalue weighted by atomic mass is 79.9. The predicted molar refractivity (Wildman–Crippen MR) is 87.1 cm³/mol. The second-order valence-corrected chi connectivity index (χ2v) is 5.65. The Bertz CT molecular complexity index is 673. The Kier molecular flexibility index (Phi) is 4.96. The molecule has 0 spiro atoms. The van der Waals surface area contributed by atoms with Crippen molar-refractivity contribution < 1.29 is 9.18 Å². The average molecular weight is 351 g/mol. The molecular formula is C16H16BrFN2O. The summed E-state index contributed by atoms with van der Waals surface area (Å²) in [6, 6.07) is 10.6. The number of hydrogen-bond acceptors (Lipinski definition) is 2. The van der Waals surface area contributed by atoms with E-state index in [2.05, 4.69) is 26.6 Å². The van der Waals surface area contributed by atoms with Crippen LogP contribution in [-0.4, -0.2) is 12.5 Å². The molecular weight excluding hydrogens is 335 g/mol. The van der Waals surface area contributed by atoms with E-state index >= 15 is 0 Å². The first-order valence-electron chi connectivity index (χ1n) is 6.52. The lowest BCUT2D eigenvalue weighted by Crippen LogP contribution is -2.22. The van der Waals surface area contributed by atoms with Gasteiger partial charge in [0.1, 0.15) is 5.82 Å². The number of halogens is 2. The number of nitrogens with one attached hydrogen (secondary N) is 2. The minimum absolute atomic E-state index is 0.0796. The monoisotopic (exact) mass is 350 g/mol. The molecule has 5 heteroatoms. The molecule has 2 aromatic rings. The van der Waals surface area contributed by atoms with Crippen molar-refractivity contribution in [2.75, 3.05) is 17.2 Å². The Labute approximate surface area is 131 Å². The number of rotatable bonds is 4. The van der Waals surface area contributed by atoms with E-state index < -0.39 is 0 Å². The Morgan fingerprint density at radius 2 is 1.86 bits per heavy atom. The minimum Gasteiger partial charge on any atom is -0.376 e. The average Bonchev–Trinajstić information content (AvgIpc) is 2.44. The molecule has 2 N–H and O–H groups in total. The Morgan fingerprint density at radius 1 is 1.14 bits per heavy atom. The van der Waals surface area contributed by atoms with Crippen molar-refractivity contribution >= 4 is 33.2 Å². The highest BCUT2D eigenvalue weighted by molar-refractivity contribution is 9.10. The van der Waals surface area contributed by atoms with Crippen molar-refractivity contribution in [1.29, 1.82) is 0 Å². The Morgan fingerprint density at radius 3 is 2.57 bits per heavy atom. The molecule has 0 aliphatic rings. The van der Waals surface area contributed by atoms with Crippen LogP contribution in [0.25, 0.3) is 0 Å². The van der Waals surface area contributed by atoms with Gasteiger partial charge in [0, 0.05) is 11.4 Å². The molecule has 21 heavy (non-hydrogen) atoms. The molecule has 110 valence electrons. The van der Waals surface area contributed by atoms with Gasteiger partial charge < -0.3 is 10.6 Å². The summed E-state index contributed by atoms with van der Waals surface area (Å²) in [5.74, 6) is -0.533. The molecule has 0 radical (unpaired) electrons. The summed E-state index contributed by atoms with van der Waals surface area (Å²) >= 11 is 3.13. The second-order valence-electron chi connectivity index (χ2n) is 4.80. The van der Waals surface area contributed by atoms with E-state index in [-0.39, 0.29) is 18.3 Å². The van der Waals surface area contributed by atoms with Gasteiger partial charge in [-0.2, -0.15) is 0 Å². The van der Waals surface area contributed by atoms with E-state index in [1.807, 2.05) is 38.1 Å². The number of carbonyl (C=O) groups is 1. The third-order valence-electron chi connectivity index (χ3n) is 3.13. The van der Waals surface area contributed by atoms with E-state index in [0.717, 1.165) is 16.8 Å². The molecule has 0 fully saturated rings. The van der Waals surface area contributed by atoms with Crippen LogP contribution in [0.15, 0.2) is 40.9 Å². The first kappa shape index (κ1) is 15.5. The van der Waals surface area contributed by atoms with Crippen LogP contribution in [0.4, 0.5) is 15.8 Å². The van der Waals surface area contributed by atoms with Gasteiger partial charge in [-0.15, -0.1) is 0 Å². The quantitative estimate of drug-likeness (QED) is 0.864. The number of hydrogen-bond donors (Lipinski definition) is 2. The Hall–Kier alpha value is -1.88. The molecule has 0 saturated heterocycles. The summed E-state index contributed by atoms with van der Waals surface area (Å²) in [4.78, 5) is 11.9. The van der Waals surface area contributed by atoms with Gasteiger partial charge in [0.05, 0.1) is 11.0 Å². The first-order valence-corrected chi connectivity index (χ1v) is 7.31. The maximum atomic E-state index is 13.5. The summed E-state index contributed by atoms with van der Waals surface area (Å²) in [7, 11) is 0. The molecule has 0 heterocycles. The number of carbonyl (C=O) groups excluding carboxylic acids is 1. The van der Waals surface area contributed by atoms with Gasteiger partial charge in [0.15, 0.2) is 0 Å². The van der Waals surface area contributed by atoms with E-state index in [1.165, 1.54) is 6.07 Å². The lowest BCUT2D eigenvalue weighted by Gasteiger charge is -2.12. The SMILES string of the molecule is Cc1cc(Br)c(F)cc1NCC(=O)Nc1ccccc1C. The van der Waals surface area contributed by atoms with E-state index in [9.17, 15) is 9.18 Å². The molecule has 0 bridgehead atoms. The molecule has 0 aliphatic carbocycles. The van der Waals surface area contributed by atoms with E-state index in [1.54, 1.807) is 6.07 Å². The highest BCUT2D eigenvalue weighted by Crippen LogP contribution is 2.23.